The normalized spacial score (nSPS) is 7.50. The lowest BCUT2D eigenvalue weighted by molar-refractivity contribution is -0.144. The van der Waals surface area contributed by atoms with E-state index in [1.807, 2.05) is 0 Å². The summed E-state index contributed by atoms with van der Waals surface area (Å²) in [5.74, 6) is 6.30. The molecule has 0 fully saturated rings. The third-order valence-electron chi connectivity index (χ3n) is 0.605. The molecule has 0 radical (unpaired) electrons. The molecule has 0 aliphatic heterocycles. The van der Waals surface area contributed by atoms with Gasteiger partial charge in [0.05, 0.1) is 6.42 Å². The topological polar surface area (TPSA) is 52.3 Å². The molecule has 0 aliphatic rings. The molecule has 2 N–H and O–H groups in total. The Labute approximate surface area is 47.8 Å². The standard InChI is InChI=1S/C5H7NO2/c1-2-3-4-5(7)8-6/h1H,3-4,6H2. The Morgan fingerprint density at radius 1 is 1.88 bits per heavy atom. The minimum Gasteiger partial charge on any atom is -0.373 e. The predicted octanol–water partition coefficient (Wildman–Crippen LogP) is -0.183. The Morgan fingerprint density at radius 2 is 2.50 bits per heavy atom. The van der Waals surface area contributed by atoms with Crippen LogP contribution in [-0.2, 0) is 9.63 Å². The average Bonchev–Trinajstić information content (AvgIpc) is 1.83. The number of hydrogen-bond acceptors (Lipinski definition) is 3. The zero-order valence-electron chi connectivity index (χ0n) is 4.39. The van der Waals surface area contributed by atoms with Crippen LogP contribution in [0.2, 0.25) is 0 Å². The van der Waals surface area contributed by atoms with Crippen molar-refractivity contribution in [2.45, 2.75) is 12.8 Å². The molecule has 44 valence electrons. The number of rotatable bonds is 2. The van der Waals surface area contributed by atoms with Crippen molar-refractivity contribution >= 4 is 5.97 Å². The number of carbonyl (C=O) groups excluding carboxylic acids is 1. The summed E-state index contributed by atoms with van der Waals surface area (Å²) in [6, 6.07) is 0. The zero-order valence-corrected chi connectivity index (χ0v) is 4.39. The number of hydrogen-bond donors (Lipinski definition) is 1. The molecule has 0 bridgehead atoms. The monoisotopic (exact) mass is 113 g/mol. The minimum absolute atomic E-state index is 0.201. The second kappa shape index (κ2) is 4.16. The van der Waals surface area contributed by atoms with Crippen molar-refractivity contribution in [2.75, 3.05) is 0 Å². The lowest BCUT2D eigenvalue weighted by Crippen LogP contribution is -2.08. The van der Waals surface area contributed by atoms with Gasteiger partial charge in [0.15, 0.2) is 0 Å². The largest absolute Gasteiger partial charge is 0.373 e. The Hall–Kier alpha value is -1.01. The van der Waals surface area contributed by atoms with E-state index < -0.39 is 5.97 Å². The molecule has 0 aliphatic carbocycles. The summed E-state index contributed by atoms with van der Waals surface area (Å²) in [6.45, 7) is 0. The molecule has 0 amide bonds. The summed E-state index contributed by atoms with van der Waals surface area (Å²) in [7, 11) is 0. The molecular weight excluding hydrogens is 106 g/mol. The van der Waals surface area contributed by atoms with E-state index in [-0.39, 0.29) is 6.42 Å². The van der Waals surface area contributed by atoms with Crippen molar-refractivity contribution in [3.8, 4) is 12.3 Å². The van der Waals surface area contributed by atoms with Crippen LogP contribution in [0.4, 0.5) is 0 Å². The van der Waals surface area contributed by atoms with Gasteiger partial charge < -0.3 is 4.84 Å². The van der Waals surface area contributed by atoms with E-state index in [1.54, 1.807) is 0 Å². The van der Waals surface area contributed by atoms with Gasteiger partial charge in [0.1, 0.15) is 0 Å². The Bertz CT molecular complexity index is 114. The molecule has 0 spiro atoms. The highest BCUT2D eigenvalue weighted by molar-refractivity contribution is 5.69. The Morgan fingerprint density at radius 3 is 2.88 bits per heavy atom. The maximum atomic E-state index is 10.1. The van der Waals surface area contributed by atoms with E-state index in [0.29, 0.717) is 6.42 Å². The van der Waals surface area contributed by atoms with Crippen LogP contribution in [0.3, 0.4) is 0 Å². The van der Waals surface area contributed by atoms with Gasteiger partial charge in [-0.05, 0) is 0 Å². The van der Waals surface area contributed by atoms with Crippen molar-refractivity contribution in [3.05, 3.63) is 0 Å². The summed E-state index contributed by atoms with van der Waals surface area (Å²) < 4.78 is 0. The molecule has 0 atom stereocenters. The van der Waals surface area contributed by atoms with Gasteiger partial charge in [-0.2, -0.15) is 5.90 Å². The van der Waals surface area contributed by atoms with E-state index in [4.69, 9.17) is 6.42 Å². The molecule has 0 saturated carbocycles. The van der Waals surface area contributed by atoms with Crippen LogP contribution in [0, 0.1) is 12.3 Å². The van der Waals surface area contributed by atoms with Gasteiger partial charge >= 0.3 is 5.97 Å². The second-order valence-corrected chi connectivity index (χ2v) is 1.19. The second-order valence-electron chi connectivity index (χ2n) is 1.19. The third kappa shape index (κ3) is 3.19. The first-order chi connectivity index (χ1) is 3.81. The van der Waals surface area contributed by atoms with Gasteiger partial charge in [0.2, 0.25) is 0 Å². The van der Waals surface area contributed by atoms with Crippen molar-refractivity contribution < 1.29 is 9.63 Å². The van der Waals surface area contributed by atoms with Crippen LogP contribution in [0.25, 0.3) is 0 Å². The van der Waals surface area contributed by atoms with E-state index in [0.717, 1.165) is 0 Å². The summed E-state index contributed by atoms with van der Waals surface area (Å²) in [4.78, 5) is 13.9. The fraction of sp³-hybridized carbons (Fsp3) is 0.400. The highest BCUT2D eigenvalue weighted by Gasteiger charge is 1.95. The van der Waals surface area contributed by atoms with E-state index in [2.05, 4.69) is 16.7 Å². The van der Waals surface area contributed by atoms with Crippen molar-refractivity contribution in [3.63, 3.8) is 0 Å². The predicted molar refractivity (Wildman–Crippen MR) is 28.3 cm³/mol. The molecule has 0 aromatic heterocycles. The first-order valence-electron chi connectivity index (χ1n) is 2.14. The highest BCUT2D eigenvalue weighted by atomic mass is 16.7. The molecule has 0 rings (SSSR count). The van der Waals surface area contributed by atoms with Crippen LogP contribution in [0.5, 0.6) is 0 Å². The van der Waals surface area contributed by atoms with Crippen molar-refractivity contribution in [1.29, 1.82) is 0 Å². The molecule has 0 saturated heterocycles. The Balaban J connectivity index is 3.15. The van der Waals surface area contributed by atoms with Gasteiger partial charge in [-0.1, -0.05) is 0 Å². The summed E-state index contributed by atoms with van der Waals surface area (Å²) in [6.07, 6.45) is 5.42. The zero-order chi connectivity index (χ0) is 6.41. The fourth-order valence-electron chi connectivity index (χ4n) is 0.233. The minimum atomic E-state index is -0.469. The maximum absolute atomic E-state index is 10.1. The van der Waals surface area contributed by atoms with Gasteiger partial charge in [-0.25, -0.2) is 0 Å². The highest BCUT2D eigenvalue weighted by Crippen LogP contribution is 1.85. The summed E-state index contributed by atoms with van der Waals surface area (Å²) >= 11 is 0. The molecular formula is C5H7NO2. The molecule has 0 unspecified atom stereocenters. The molecule has 0 aromatic carbocycles. The molecule has 0 aromatic rings. The van der Waals surface area contributed by atoms with Gasteiger partial charge in [-0.3, -0.25) is 4.79 Å². The van der Waals surface area contributed by atoms with Crippen LogP contribution >= 0.6 is 0 Å². The molecule has 3 heteroatoms. The SMILES string of the molecule is C#CCCC(=O)ON. The molecule has 3 nitrogen and oxygen atoms in total. The number of terminal acetylenes is 1. The van der Waals surface area contributed by atoms with Gasteiger partial charge in [0, 0.05) is 6.42 Å². The lowest BCUT2D eigenvalue weighted by Gasteiger charge is -1.89. The van der Waals surface area contributed by atoms with E-state index in [1.165, 1.54) is 0 Å². The average molecular weight is 113 g/mol. The van der Waals surface area contributed by atoms with Crippen LogP contribution < -0.4 is 5.90 Å². The van der Waals surface area contributed by atoms with Gasteiger partial charge in [-0.15, -0.1) is 12.3 Å². The van der Waals surface area contributed by atoms with Crippen LogP contribution in [0.15, 0.2) is 0 Å². The quantitative estimate of drug-likeness (QED) is 0.399. The Kier molecular flexibility index (Phi) is 3.63. The first-order valence-corrected chi connectivity index (χ1v) is 2.14. The van der Waals surface area contributed by atoms with E-state index in [9.17, 15) is 4.79 Å². The number of nitrogens with two attached hydrogens (primary N) is 1. The van der Waals surface area contributed by atoms with Crippen molar-refractivity contribution in [2.24, 2.45) is 5.90 Å². The smallest absolute Gasteiger partial charge is 0.325 e. The fourth-order valence-corrected chi connectivity index (χ4v) is 0.233. The van der Waals surface area contributed by atoms with Crippen LogP contribution in [-0.4, -0.2) is 5.97 Å². The third-order valence-corrected chi connectivity index (χ3v) is 0.605. The molecule has 0 heterocycles. The number of carbonyl (C=O) groups is 1. The summed E-state index contributed by atoms with van der Waals surface area (Å²) in [5, 5.41) is 0. The van der Waals surface area contributed by atoms with Crippen molar-refractivity contribution in [1.82, 2.24) is 0 Å². The van der Waals surface area contributed by atoms with Gasteiger partial charge in [0.25, 0.3) is 0 Å². The lowest BCUT2D eigenvalue weighted by atomic mass is 10.3. The van der Waals surface area contributed by atoms with Crippen LogP contribution in [0.1, 0.15) is 12.8 Å². The first kappa shape index (κ1) is 6.99. The van der Waals surface area contributed by atoms with E-state index >= 15 is 0 Å². The maximum Gasteiger partial charge on any atom is 0.325 e. The molecule has 8 heavy (non-hydrogen) atoms. The summed E-state index contributed by atoms with van der Waals surface area (Å²) in [5.41, 5.74) is 0.